The number of aromatic nitrogens is 3. The van der Waals surface area contributed by atoms with Gasteiger partial charge in [0.05, 0.1) is 5.75 Å². The van der Waals surface area contributed by atoms with Gasteiger partial charge in [0.25, 0.3) is 0 Å². The molecule has 1 aromatic heterocycles. The molecule has 1 aliphatic rings. The Morgan fingerprint density at radius 3 is 2.54 bits per heavy atom. The minimum Gasteiger partial charge on any atom is -0.298 e. The van der Waals surface area contributed by atoms with Crippen molar-refractivity contribution in [3.63, 3.8) is 0 Å². The smallest absolute Gasteiger partial charge is 0.239 e. The maximum Gasteiger partial charge on any atom is 0.239 e. The van der Waals surface area contributed by atoms with Crippen molar-refractivity contribution in [1.29, 1.82) is 0 Å². The van der Waals surface area contributed by atoms with Crippen LogP contribution in [0, 0.1) is 0 Å². The quantitative estimate of drug-likeness (QED) is 0.549. The number of carbonyl (C=O) groups is 2. The molecule has 6 nitrogen and oxygen atoms in total. The van der Waals surface area contributed by atoms with Crippen molar-refractivity contribution in [2.75, 3.05) is 12.3 Å². The molecule has 7 heteroatoms. The highest BCUT2D eigenvalue weighted by atomic mass is 32.2. The zero-order valence-corrected chi connectivity index (χ0v) is 17.5. The second kappa shape index (κ2) is 8.31. The summed E-state index contributed by atoms with van der Waals surface area (Å²) in [6.45, 7) is 11.4. The number of likely N-dealkylation sites (tertiary alicyclic amines) is 1. The molecule has 0 spiro atoms. The third-order valence-electron chi connectivity index (χ3n) is 4.74. The Labute approximate surface area is 170 Å². The van der Waals surface area contributed by atoms with E-state index in [0.29, 0.717) is 24.7 Å². The lowest BCUT2D eigenvalue weighted by Gasteiger charge is -2.19. The molecule has 28 heavy (non-hydrogen) atoms. The fourth-order valence-corrected chi connectivity index (χ4v) is 3.96. The molecule has 0 N–H and O–H groups in total. The van der Waals surface area contributed by atoms with Gasteiger partial charge in [0, 0.05) is 25.1 Å². The Kier molecular flexibility index (Phi) is 6.03. The molecular weight excluding hydrogens is 372 g/mol. The first-order valence-electron chi connectivity index (χ1n) is 9.42. The number of imide groups is 1. The molecule has 1 saturated heterocycles. The first-order chi connectivity index (χ1) is 13.3. The van der Waals surface area contributed by atoms with E-state index in [2.05, 4.69) is 49.7 Å². The van der Waals surface area contributed by atoms with Crippen molar-refractivity contribution in [3.8, 4) is 11.4 Å². The molecule has 1 aromatic carbocycles. The second-order valence-corrected chi connectivity index (χ2v) is 8.81. The molecule has 0 aliphatic carbocycles. The number of allylic oxidation sites excluding steroid dienone is 1. The van der Waals surface area contributed by atoms with Crippen LogP contribution in [0.5, 0.6) is 0 Å². The average molecular weight is 399 g/mol. The summed E-state index contributed by atoms with van der Waals surface area (Å²) < 4.78 is 1.95. The van der Waals surface area contributed by atoms with Gasteiger partial charge in [-0.15, -0.1) is 16.8 Å². The monoisotopic (exact) mass is 398 g/mol. The number of thioether (sulfide) groups is 1. The van der Waals surface area contributed by atoms with Crippen molar-refractivity contribution in [3.05, 3.63) is 42.5 Å². The third-order valence-corrected chi connectivity index (χ3v) is 5.69. The lowest BCUT2D eigenvalue weighted by molar-refractivity contribution is -0.140. The van der Waals surface area contributed by atoms with Gasteiger partial charge in [0.2, 0.25) is 11.8 Å². The standard InChI is InChI=1S/C21H26N4O2S/c1-5-12-25-19(15-8-10-16(11-9-15)21(2,3)4)22-23-20(25)28-14-18(27)24-13-6-7-17(24)26/h5,8-11H,1,6-7,12-14H2,2-4H3. The Bertz CT molecular complexity index is 881. The van der Waals surface area contributed by atoms with E-state index < -0.39 is 0 Å². The Morgan fingerprint density at radius 2 is 1.96 bits per heavy atom. The first-order valence-corrected chi connectivity index (χ1v) is 10.4. The van der Waals surface area contributed by atoms with Crippen LogP contribution >= 0.6 is 11.8 Å². The summed E-state index contributed by atoms with van der Waals surface area (Å²) in [5.74, 6) is 0.659. The maximum atomic E-state index is 12.3. The van der Waals surface area contributed by atoms with Gasteiger partial charge in [-0.2, -0.15) is 0 Å². The first kappa shape index (κ1) is 20.3. The fraction of sp³-hybridized carbons (Fsp3) is 0.429. The van der Waals surface area contributed by atoms with Crippen molar-refractivity contribution in [2.24, 2.45) is 0 Å². The summed E-state index contributed by atoms with van der Waals surface area (Å²) in [6, 6.07) is 8.31. The van der Waals surface area contributed by atoms with E-state index in [9.17, 15) is 9.59 Å². The van der Waals surface area contributed by atoms with Crippen molar-refractivity contribution in [1.82, 2.24) is 19.7 Å². The van der Waals surface area contributed by atoms with Crippen molar-refractivity contribution < 1.29 is 9.59 Å². The predicted octanol–water partition coefficient (Wildman–Crippen LogP) is 3.67. The largest absolute Gasteiger partial charge is 0.298 e. The zero-order valence-electron chi connectivity index (χ0n) is 16.6. The minimum absolute atomic E-state index is 0.0850. The van der Waals surface area contributed by atoms with Crippen LogP contribution in [-0.2, 0) is 21.5 Å². The number of benzene rings is 1. The SMILES string of the molecule is C=CCn1c(SCC(=O)N2CCCC2=O)nnc1-c1ccc(C(C)(C)C)cc1. The van der Waals surface area contributed by atoms with E-state index in [-0.39, 0.29) is 23.0 Å². The Morgan fingerprint density at radius 1 is 1.25 bits per heavy atom. The average Bonchev–Trinajstić information content (AvgIpc) is 3.26. The molecule has 3 rings (SSSR count). The maximum absolute atomic E-state index is 12.3. The molecular formula is C21H26N4O2S. The van der Waals surface area contributed by atoms with Gasteiger partial charge in [-0.25, -0.2) is 0 Å². The van der Waals surface area contributed by atoms with Crippen LogP contribution in [0.2, 0.25) is 0 Å². The number of hydrogen-bond donors (Lipinski definition) is 0. The zero-order chi connectivity index (χ0) is 20.3. The fourth-order valence-electron chi connectivity index (χ4n) is 3.14. The topological polar surface area (TPSA) is 68.1 Å². The summed E-state index contributed by atoms with van der Waals surface area (Å²) in [5.41, 5.74) is 2.30. The van der Waals surface area contributed by atoms with Crippen LogP contribution < -0.4 is 0 Å². The van der Waals surface area contributed by atoms with Gasteiger partial charge in [-0.3, -0.25) is 19.1 Å². The van der Waals surface area contributed by atoms with E-state index in [1.807, 2.05) is 16.7 Å². The van der Waals surface area contributed by atoms with E-state index in [1.54, 1.807) is 6.08 Å². The molecule has 0 unspecified atom stereocenters. The van der Waals surface area contributed by atoms with Crippen LogP contribution in [0.3, 0.4) is 0 Å². The van der Waals surface area contributed by atoms with Gasteiger partial charge in [0.1, 0.15) is 0 Å². The van der Waals surface area contributed by atoms with Crippen molar-refractivity contribution >= 4 is 23.6 Å². The molecule has 2 aromatic rings. The Balaban J connectivity index is 1.78. The lowest BCUT2D eigenvalue weighted by atomic mass is 9.87. The molecule has 2 amide bonds. The van der Waals surface area contributed by atoms with Crippen LogP contribution in [0.4, 0.5) is 0 Å². The van der Waals surface area contributed by atoms with Gasteiger partial charge in [-0.1, -0.05) is 62.9 Å². The number of hydrogen-bond acceptors (Lipinski definition) is 5. The third kappa shape index (κ3) is 4.35. The normalized spacial score (nSPS) is 14.5. The summed E-state index contributed by atoms with van der Waals surface area (Å²) in [4.78, 5) is 25.4. The summed E-state index contributed by atoms with van der Waals surface area (Å²) in [5, 5.41) is 9.26. The van der Waals surface area contributed by atoms with Gasteiger partial charge in [-0.05, 0) is 17.4 Å². The molecule has 1 aliphatic heterocycles. The highest BCUT2D eigenvalue weighted by Gasteiger charge is 2.27. The van der Waals surface area contributed by atoms with E-state index in [1.165, 1.54) is 22.2 Å². The second-order valence-electron chi connectivity index (χ2n) is 7.86. The van der Waals surface area contributed by atoms with E-state index in [0.717, 1.165) is 17.8 Å². The van der Waals surface area contributed by atoms with Crippen LogP contribution in [0.1, 0.15) is 39.2 Å². The van der Waals surface area contributed by atoms with Gasteiger partial charge in [0.15, 0.2) is 11.0 Å². The molecule has 148 valence electrons. The number of nitrogens with zero attached hydrogens (tertiary/aromatic N) is 4. The molecule has 0 bridgehead atoms. The molecule has 0 atom stereocenters. The highest BCUT2D eigenvalue weighted by molar-refractivity contribution is 7.99. The van der Waals surface area contributed by atoms with E-state index >= 15 is 0 Å². The van der Waals surface area contributed by atoms with E-state index in [4.69, 9.17) is 0 Å². The van der Waals surface area contributed by atoms with Gasteiger partial charge >= 0.3 is 0 Å². The summed E-state index contributed by atoms with van der Waals surface area (Å²) in [6.07, 6.45) is 2.99. The van der Waals surface area contributed by atoms with Crippen LogP contribution in [-0.4, -0.2) is 43.8 Å². The molecule has 0 radical (unpaired) electrons. The van der Waals surface area contributed by atoms with Gasteiger partial charge < -0.3 is 0 Å². The molecule has 1 fully saturated rings. The summed E-state index contributed by atoms with van der Waals surface area (Å²) >= 11 is 1.31. The number of carbonyl (C=O) groups excluding carboxylic acids is 2. The number of rotatable bonds is 6. The van der Waals surface area contributed by atoms with Crippen molar-refractivity contribution in [2.45, 2.75) is 50.7 Å². The Hall–Kier alpha value is -2.41. The molecule has 0 saturated carbocycles. The molecule has 2 heterocycles. The summed E-state index contributed by atoms with van der Waals surface area (Å²) in [7, 11) is 0. The lowest BCUT2D eigenvalue weighted by Crippen LogP contribution is -2.33. The number of amides is 2. The minimum atomic E-state index is -0.170. The highest BCUT2D eigenvalue weighted by Crippen LogP contribution is 2.28. The van der Waals surface area contributed by atoms with Crippen LogP contribution in [0.15, 0.2) is 42.1 Å². The predicted molar refractivity (Wildman–Crippen MR) is 111 cm³/mol. The van der Waals surface area contributed by atoms with Crippen LogP contribution in [0.25, 0.3) is 11.4 Å².